The van der Waals surface area contributed by atoms with Gasteiger partial charge in [-0.2, -0.15) is 0 Å². The molecule has 5 nitrogen and oxygen atoms in total. The highest BCUT2D eigenvalue weighted by Crippen LogP contribution is 2.21. The van der Waals surface area contributed by atoms with E-state index < -0.39 is 6.10 Å². The molecule has 0 radical (unpaired) electrons. The summed E-state index contributed by atoms with van der Waals surface area (Å²) >= 11 is 3.25. The Balaban J connectivity index is 2.14. The van der Waals surface area contributed by atoms with E-state index in [4.69, 9.17) is 0 Å². The molecule has 0 bridgehead atoms. The van der Waals surface area contributed by atoms with Gasteiger partial charge in [-0.1, -0.05) is 0 Å². The van der Waals surface area contributed by atoms with Gasteiger partial charge in [-0.05, 0) is 48.6 Å². The summed E-state index contributed by atoms with van der Waals surface area (Å²) in [5, 5.41) is 9.79. The number of aliphatic hydroxyl groups is 1. The van der Waals surface area contributed by atoms with Gasteiger partial charge in [-0.3, -0.25) is 4.79 Å². The van der Waals surface area contributed by atoms with Gasteiger partial charge in [0.25, 0.3) is 5.91 Å². The van der Waals surface area contributed by atoms with Crippen LogP contribution in [0.2, 0.25) is 0 Å². The van der Waals surface area contributed by atoms with Crippen molar-refractivity contribution in [1.29, 1.82) is 0 Å². The highest BCUT2D eigenvalue weighted by Gasteiger charge is 2.34. The molecule has 0 aliphatic carbocycles. The number of halogens is 1. The molecule has 2 rings (SSSR count). The lowest BCUT2D eigenvalue weighted by Gasteiger charge is -2.26. The molecule has 1 aromatic rings. The SMILES string of the molecule is CN(C)CC1CC(O)CN1C(=O)c1ccc(Br)nc1. The lowest BCUT2D eigenvalue weighted by atomic mass is 10.2. The van der Waals surface area contributed by atoms with E-state index in [1.165, 1.54) is 0 Å². The average Bonchev–Trinajstić information content (AvgIpc) is 2.69. The Morgan fingerprint density at radius 2 is 2.32 bits per heavy atom. The van der Waals surface area contributed by atoms with Crippen LogP contribution in [0.1, 0.15) is 16.8 Å². The summed E-state index contributed by atoms with van der Waals surface area (Å²) in [6, 6.07) is 3.55. The van der Waals surface area contributed by atoms with Crippen molar-refractivity contribution in [3.8, 4) is 0 Å². The number of likely N-dealkylation sites (tertiary alicyclic amines) is 1. The average molecular weight is 328 g/mol. The summed E-state index contributed by atoms with van der Waals surface area (Å²) in [7, 11) is 3.93. The van der Waals surface area contributed by atoms with Crippen LogP contribution in [-0.2, 0) is 0 Å². The molecule has 0 spiro atoms. The first-order valence-electron chi connectivity index (χ1n) is 6.22. The zero-order valence-electron chi connectivity index (χ0n) is 11.1. The molecular formula is C13H18BrN3O2. The van der Waals surface area contributed by atoms with Crippen LogP contribution in [0.25, 0.3) is 0 Å². The smallest absolute Gasteiger partial charge is 0.255 e. The molecule has 6 heteroatoms. The van der Waals surface area contributed by atoms with Gasteiger partial charge in [-0.25, -0.2) is 4.98 Å². The summed E-state index contributed by atoms with van der Waals surface area (Å²) in [5.74, 6) is -0.0663. The van der Waals surface area contributed by atoms with Crippen LogP contribution in [-0.4, -0.2) is 65.1 Å². The number of likely N-dealkylation sites (N-methyl/N-ethyl adjacent to an activating group) is 1. The van der Waals surface area contributed by atoms with Crippen molar-refractivity contribution in [2.75, 3.05) is 27.2 Å². The molecule has 2 unspecified atom stereocenters. The Morgan fingerprint density at radius 1 is 1.58 bits per heavy atom. The third-order valence-electron chi connectivity index (χ3n) is 3.20. The second-order valence-corrected chi connectivity index (χ2v) is 5.95. The van der Waals surface area contributed by atoms with E-state index >= 15 is 0 Å². The number of hydrogen-bond donors (Lipinski definition) is 1. The quantitative estimate of drug-likeness (QED) is 0.841. The lowest BCUT2D eigenvalue weighted by molar-refractivity contribution is 0.0698. The standard InChI is InChI=1S/C13H18BrN3O2/c1-16(2)7-10-5-11(18)8-17(10)13(19)9-3-4-12(14)15-6-9/h3-4,6,10-11,18H,5,7-8H2,1-2H3. The number of amides is 1. The molecule has 0 aromatic carbocycles. The first-order valence-corrected chi connectivity index (χ1v) is 7.02. The fourth-order valence-electron chi connectivity index (χ4n) is 2.40. The summed E-state index contributed by atoms with van der Waals surface area (Å²) in [6.07, 6.45) is 1.76. The van der Waals surface area contributed by atoms with Crippen LogP contribution in [0, 0.1) is 0 Å². The Morgan fingerprint density at radius 3 is 2.89 bits per heavy atom. The minimum absolute atomic E-state index is 0.0566. The topological polar surface area (TPSA) is 56.7 Å². The molecule has 1 aromatic heterocycles. The van der Waals surface area contributed by atoms with Crippen LogP contribution in [0.15, 0.2) is 22.9 Å². The molecule has 2 atom stereocenters. The van der Waals surface area contributed by atoms with E-state index in [1.54, 1.807) is 23.2 Å². The molecule has 1 N–H and O–H groups in total. The third-order valence-corrected chi connectivity index (χ3v) is 3.67. The van der Waals surface area contributed by atoms with E-state index in [-0.39, 0.29) is 11.9 Å². The molecule has 104 valence electrons. The normalized spacial score (nSPS) is 23.1. The van der Waals surface area contributed by atoms with Crippen LogP contribution < -0.4 is 0 Å². The number of hydrogen-bond acceptors (Lipinski definition) is 4. The first-order chi connectivity index (χ1) is 8.97. The van der Waals surface area contributed by atoms with Gasteiger partial charge in [-0.15, -0.1) is 0 Å². The molecular weight excluding hydrogens is 310 g/mol. The Bertz CT molecular complexity index is 450. The maximum Gasteiger partial charge on any atom is 0.255 e. The molecule has 19 heavy (non-hydrogen) atoms. The zero-order chi connectivity index (χ0) is 14.0. The number of pyridine rings is 1. The Labute approximate surface area is 121 Å². The van der Waals surface area contributed by atoms with E-state index in [0.29, 0.717) is 23.1 Å². The van der Waals surface area contributed by atoms with E-state index in [0.717, 1.165) is 6.54 Å². The number of nitrogens with zero attached hydrogens (tertiary/aromatic N) is 3. The fraction of sp³-hybridized carbons (Fsp3) is 0.538. The summed E-state index contributed by atoms with van der Waals surface area (Å²) in [4.78, 5) is 20.3. The van der Waals surface area contributed by atoms with Crippen molar-refractivity contribution >= 4 is 21.8 Å². The molecule has 1 aliphatic rings. The van der Waals surface area contributed by atoms with Crippen molar-refractivity contribution < 1.29 is 9.90 Å². The summed E-state index contributed by atoms with van der Waals surface area (Å²) in [5.41, 5.74) is 0.557. The Kier molecular flexibility index (Phi) is 4.54. The van der Waals surface area contributed by atoms with Crippen molar-refractivity contribution in [3.63, 3.8) is 0 Å². The number of β-amino-alcohol motifs (C(OH)–C–C–N with tert-alkyl or cyclic N) is 1. The molecule has 1 fully saturated rings. The summed E-state index contributed by atoms with van der Waals surface area (Å²) < 4.78 is 0.704. The van der Waals surface area contributed by atoms with Gasteiger partial charge in [0.2, 0.25) is 0 Å². The largest absolute Gasteiger partial charge is 0.391 e. The fourth-order valence-corrected chi connectivity index (χ4v) is 2.64. The summed E-state index contributed by atoms with van der Waals surface area (Å²) in [6.45, 7) is 1.15. The number of aliphatic hydroxyl groups excluding tert-OH is 1. The number of aromatic nitrogens is 1. The second kappa shape index (κ2) is 5.98. The molecule has 1 aliphatic heterocycles. The predicted octanol–water partition coefficient (Wildman–Crippen LogP) is 0.981. The van der Waals surface area contributed by atoms with Gasteiger partial charge in [0.15, 0.2) is 0 Å². The van der Waals surface area contributed by atoms with E-state index in [9.17, 15) is 9.90 Å². The molecule has 1 saturated heterocycles. The van der Waals surface area contributed by atoms with Gasteiger partial charge in [0, 0.05) is 25.3 Å². The number of carbonyl (C=O) groups excluding carboxylic acids is 1. The van der Waals surface area contributed by atoms with Crippen molar-refractivity contribution in [1.82, 2.24) is 14.8 Å². The second-order valence-electron chi connectivity index (χ2n) is 5.13. The van der Waals surface area contributed by atoms with Gasteiger partial charge >= 0.3 is 0 Å². The maximum absolute atomic E-state index is 12.4. The van der Waals surface area contributed by atoms with Gasteiger partial charge in [0.05, 0.1) is 11.7 Å². The van der Waals surface area contributed by atoms with Crippen molar-refractivity contribution in [2.24, 2.45) is 0 Å². The van der Waals surface area contributed by atoms with Crippen molar-refractivity contribution in [3.05, 3.63) is 28.5 Å². The minimum Gasteiger partial charge on any atom is -0.391 e. The van der Waals surface area contributed by atoms with Crippen molar-refractivity contribution in [2.45, 2.75) is 18.6 Å². The van der Waals surface area contributed by atoms with Crippen LogP contribution in [0.5, 0.6) is 0 Å². The van der Waals surface area contributed by atoms with E-state index in [2.05, 4.69) is 20.9 Å². The first kappa shape index (κ1) is 14.4. The van der Waals surface area contributed by atoms with Crippen LogP contribution in [0.4, 0.5) is 0 Å². The number of carbonyl (C=O) groups is 1. The molecule has 0 saturated carbocycles. The lowest BCUT2D eigenvalue weighted by Crippen LogP contribution is -2.41. The molecule has 2 heterocycles. The predicted molar refractivity (Wildman–Crippen MR) is 75.9 cm³/mol. The zero-order valence-corrected chi connectivity index (χ0v) is 12.7. The van der Waals surface area contributed by atoms with Gasteiger partial charge < -0.3 is 14.9 Å². The molecule has 1 amide bonds. The van der Waals surface area contributed by atoms with Crippen LogP contribution >= 0.6 is 15.9 Å². The monoisotopic (exact) mass is 327 g/mol. The Hall–Kier alpha value is -0.980. The maximum atomic E-state index is 12.4. The highest BCUT2D eigenvalue weighted by atomic mass is 79.9. The minimum atomic E-state index is -0.433. The third kappa shape index (κ3) is 3.52. The number of rotatable bonds is 3. The van der Waals surface area contributed by atoms with E-state index in [1.807, 2.05) is 19.0 Å². The van der Waals surface area contributed by atoms with Gasteiger partial charge in [0.1, 0.15) is 4.60 Å². The highest BCUT2D eigenvalue weighted by molar-refractivity contribution is 9.10. The van der Waals surface area contributed by atoms with Crippen LogP contribution in [0.3, 0.4) is 0 Å².